The average Bonchev–Trinajstić information content (AvgIpc) is 3.37. The first-order valence-corrected chi connectivity index (χ1v) is 11.2. The Morgan fingerprint density at radius 2 is 2.17 bits per heavy atom. The Kier molecular flexibility index (Phi) is 4.81. The molecule has 1 amide bonds. The van der Waals surface area contributed by atoms with Crippen molar-refractivity contribution >= 4 is 40.0 Å². The van der Waals surface area contributed by atoms with E-state index in [0.717, 1.165) is 39.4 Å². The van der Waals surface area contributed by atoms with Gasteiger partial charge in [-0.2, -0.15) is 0 Å². The van der Waals surface area contributed by atoms with Crippen molar-refractivity contribution in [3.8, 4) is 11.5 Å². The van der Waals surface area contributed by atoms with Gasteiger partial charge in [-0.15, -0.1) is 23.1 Å². The van der Waals surface area contributed by atoms with E-state index in [-0.39, 0.29) is 24.3 Å². The summed E-state index contributed by atoms with van der Waals surface area (Å²) >= 11 is 3.19. The van der Waals surface area contributed by atoms with Gasteiger partial charge in [0, 0.05) is 16.0 Å². The summed E-state index contributed by atoms with van der Waals surface area (Å²) < 4.78 is 15.6. The van der Waals surface area contributed by atoms with Gasteiger partial charge in [0.25, 0.3) is 0 Å². The van der Waals surface area contributed by atoms with E-state index in [9.17, 15) is 9.18 Å². The molecule has 29 heavy (non-hydrogen) atoms. The lowest BCUT2D eigenvalue weighted by Gasteiger charge is -2.26. The number of carbonyl (C=O) groups excluding carboxylic acids is 1. The van der Waals surface area contributed by atoms with Crippen LogP contribution < -0.4 is 5.32 Å². The van der Waals surface area contributed by atoms with E-state index in [1.165, 1.54) is 23.5 Å². The van der Waals surface area contributed by atoms with Gasteiger partial charge in [0.2, 0.25) is 5.91 Å². The normalized spacial score (nSPS) is 16.0. The largest absolute Gasteiger partial charge is 0.348 e. The Bertz CT molecular complexity index is 1190. The molecule has 5 nitrogen and oxygen atoms in total. The number of halogens is 1. The minimum atomic E-state index is -0.281. The Hall–Kier alpha value is -2.71. The van der Waals surface area contributed by atoms with Gasteiger partial charge >= 0.3 is 0 Å². The summed E-state index contributed by atoms with van der Waals surface area (Å²) in [5.41, 5.74) is 5.07. The van der Waals surface area contributed by atoms with E-state index in [0.29, 0.717) is 5.82 Å². The number of hydrogen-bond acceptors (Lipinski definition) is 5. The minimum Gasteiger partial charge on any atom is -0.348 e. The molecule has 1 atom stereocenters. The zero-order valence-corrected chi connectivity index (χ0v) is 17.0. The molecule has 0 bridgehead atoms. The van der Waals surface area contributed by atoms with Gasteiger partial charge in [-0.3, -0.25) is 4.79 Å². The van der Waals surface area contributed by atoms with Gasteiger partial charge in [-0.1, -0.05) is 12.1 Å². The Morgan fingerprint density at radius 3 is 3.03 bits per heavy atom. The first-order valence-electron chi connectivity index (χ1n) is 9.24. The van der Waals surface area contributed by atoms with Crippen LogP contribution in [0.5, 0.6) is 0 Å². The van der Waals surface area contributed by atoms with Crippen molar-refractivity contribution in [1.29, 1.82) is 0 Å². The van der Waals surface area contributed by atoms with E-state index in [1.54, 1.807) is 23.3 Å². The summed E-state index contributed by atoms with van der Waals surface area (Å²) in [4.78, 5) is 23.0. The summed E-state index contributed by atoms with van der Waals surface area (Å²) in [5.74, 6) is 1.16. The molecule has 8 heteroatoms. The van der Waals surface area contributed by atoms with Crippen LogP contribution in [-0.4, -0.2) is 26.2 Å². The fourth-order valence-electron chi connectivity index (χ4n) is 3.65. The van der Waals surface area contributed by atoms with Gasteiger partial charge in [-0.25, -0.2) is 14.4 Å². The predicted molar refractivity (Wildman–Crippen MR) is 113 cm³/mol. The summed E-state index contributed by atoms with van der Waals surface area (Å²) in [5, 5.41) is 5.02. The van der Waals surface area contributed by atoms with Crippen molar-refractivity contribution in [1.82, 2.24) is 19.9 Å². The van der Waals surface area contributed by atoms with Crippen molar-refractivity contribution < 1.29 is 9.18 Å². The molecule has 1 aliphatic rings. The highest BCUT2D eigenvalue weighted by Crippen LogP contribution is 2.36. The van der Waals surface area contributed by atoms with E-state index in [1.807, 2.05) is 34.2 Å². The molecule has 5 rings (SSSR count). The maximum Gasteiger partial charge on any atom is 0.240 e. The lowest BCUT2D eigenvalue weighted by Crippen LogP contribution is -2.33. The van der Waals surface area contributed by atoms with Gasteiger partial charge in [0.05, 0.1) is 22.6 Å². The summed E-state index contributed by atoms with van der Waals surface area (Å²) in [7, 11) is 0. The molecule has 0 saturated carbocycles. The van der Waals surface area contributed by atoms with E-state index in [4.69, 9.17) is 0 Å². The summed E-state index contributed by atoms with van der Waals surface area (Å²) in [6, 6.07) is 12.3. The van der Waals surface area contributed by atoms with Gasteiger partial charge < -0.3 is 9.88 Å². The van der Waals surface area contributed by atoms with Gasteiger partial charge in [-0.05, 0) is 42.3 Å². The molecule has 1 aliphatic heterocycles. The molecule has 2 aromatic carbocycles. The molecular formula is C21H17FN4OS2. The number of nitrogens with one attached hydrogen (secondary N) is 1. The molecule has 0 radical (unpaired) electrons. The monoisotopic (exact) mass is 424 g/mol. The number of aromatic nitrogens is 3. The Balaban J connectivity index is 1.45. The number of para-hydroxylation sites is 2. The number of rotatable bonds is 4. The Labute approximate surface area is 175 Å². The second-order valence-corrected chi connectivity index (χ2v) is 8.68. The number of thioether (sulfide) groups is 1. The highest BCUT2D eigenvalue weighted by Gasteiger charge is 2.24. The summed E-state index contributed by atoms with van der Waals surface area (Å²) in [6.07, 6.45) is 0.774. The van der Waals surface area contributed by atoms with E-state index in [2.05, 4.69) is 15.3 Å². The summed E-state index contributed by atoms with van der Waals surface area (Å²) in [6.45, 7) is 0.127. The number of nitrogens with zero attached hydrogens (tertiary/aromatic N) is 3. The number of fused-ring (bicyclic) bond motifs is 2. The zero-order chi connectivity index (χ0) is 19.8. The molecule has 0 spiro atoms. The smallest absolute Gasteiger partial charge is 0.240 e. The van der Waals surface area contributed by atoms with Crippen LogP contribution in [0.25, 0.3) is 22.6 Å². The number of hydrogen-bond donors (Lipinski definition) is 1. The highest BCUT2D eigenvalue weighted by atomic mass is 32.2. The van der Waals surface area contributed by atoms with Crippen molar-refractivity contribution in [3.05, 3.63) is 64.7 Å². The predicted octanol–water partition coefficient (Wildman–Crippen LogP) is 4.65. The molecule has 0 saturated heterocycles. The van der Waals surface area contributed by atoms with Crippen LogP contribution >= 0.6 is 23.1 Å². The van der Waals surface area contributed by atoms with E-state index >= 15 is 0 Å². The molecule has 146 valence electrons. The molecule has 2 aromatic heterocycles. The quantitative estimate of drug-likeness (QED) is 0.518. The van der Waals surface area contributed by atoms with Crippen LogP contribution in [0.4, 0.5) is 4.39 Å². The van der Waals surface area contributed by atoms with Crippen molar-refractivity contribution in [3.63, 3.8) is 0 Å². The maximum absolute atomic E-state index is 13.8. The van der Waals surface area contributed by atoms with Crippen LogP contribution in [-0.2, 0) is 11.3 Å². The minimum absolute atomic E-state index is 0.127. The lowest BCUT2D eigenvalue weighted by atomic mass is 10.0. The SMILES string of the molecule is O=C(Cn1c(-c2cscn2)nc2ccccc21)N[C@H]1CCSc2ccc(F)cc21. The number of imidazole rings is 1. The topological polar surface area (TPSA) is 59.8 Å². The first-order chi connectivity index (χ1) is 14.2. The first kappa shape index (κ1) is 18.3. The molecule has 1 N–H and O–H groups in total. The molecule has 0 aliphatic carbocycles. The maximum atomic E-state index is 13.8. The lowest BCUT2D eigenvalue weighted by molar-refractivity contribution is -0.122. The van der Waals surface area contributed by atoms with Crippen LogP contribution in [0.2, 0.25) is 0 Å². The number of carbonyl (C=O) groups is 1. The fourth-order valence-corrected chi connectivity index (χ4v) is 5.29. The fraction of sp³-hybridized carbons (Fsp3) is 0.190. The zero-order valence-electron chi connectivity index (χ0n) is 15.3. The Morgan fingerprint density at radius 1 is 1.28 bits per heavy atom. The number of amides is 1. The molecular weight excluding hydrogens is 407 g/mol. The standard InChI is InChI=1S/C21H17FN4OS2/c22-13-5-6-19-14(9-13)15(7-8-29-19)24-20(27)10-26-18-4-2-1-3-16(18)25-21(26)17-11-28-12-23-17/h1-6,9,11-12,15H,7-8,10H2,(H,24,27)/t15-/m0/s1. The highest BCUT2D eigenvalue weighted by molar-refractivity contribution is 7.99. The number of thiazole rings is 1. The third-order valence-electron chi connectivity index (χ3n) is 4.96. The van der Waals surface area contributed by atoms with Crippen LogP contribution in [0.1, 0.15) is 18.0 Å². The van der Waals surface area contributed by atoms with Gasteiger partial charge in [0.15, 0.2) is 5.82 Å². The van der Waals surface area contributed by atoms with Crippen LogP contribution in [0, 0.1) is 5.82 Å². The van der Waals surface area contributed by atoms with E-state index < -0.39 is 0 Å². The molecule has 0 fully saturated rings. The van der Waals surface area contributed by atoms with Crippen LogP contribution in [0.15, 0.2) is 58.3 Å². The van der Waals surface area contributed by atoms with Crippen LogP contribution in [0.3, 0.4) is 0 Å². The van der Waals surface area contributed by atoms with Crippen molar-refractivity contribution in [2.24, 2.45) is 0 Å². The second kappa shape index (κ2) is 7.61. The third kappa shape index (κ3) is 3.54. The number of benzene rings is 2. The van der Waals surface area contributed by atoms with Crippen molar-refractivity contribution in [2.75, 3.05) is 5.75 Å². The molecule has 3 heterocycles. The van der Waals surface area contributed by atoms with Crippen molar-refractivity contribution in [2.45, 2.75) is 23.9 Å². The molecule has 4 aromatic rings. The second-order valence-electron chi connectivity index (χ2n) is 6.82. The average molecular weight is 425 g/mol. The molecule has 0 unspecified atom stereocenters. The van der Waals surface area contributed by atoms with Gasteiger partial charge in [0.1, 0.15) is 18.1 Å². The third-order valence-corrected chi connectivity index (χ3v) is 6.67.